The normalized spacial score (nSPS) is 11.5. The number of rotatable bonds is 4. The Morgan fingerprint density at radius 3 is 2.30 bits per heavy atom. The highest BCUT2D eigenvalue weighted by Gasteiger charge is 2.23. The molecule has 0 aromatic carbocycles. The first-order valence-electron chi connectivity index (χ1n) is 2.77. The molecule has 0 unspecified atom stereocenters. The van der Waals surface area contributed by atoms with E-state index in [2.05, 4.69) is 0 Å². The molecule has 0 aliphatic heterocycles. The van der Waals surface area contributed by atoms with Crippen LogP contribution in [0.3, 0.4) is 0 Å². The summed E-state index contributed by atoms with van der Waals surface area (Å²) in [5.74, 6) is 0. The van der Waals surface area contributed by atoms with Crippen molar-refractivity contribution in [1.82, 2.24) is 0 Å². The van der Waals surface area contributed by atoms with Crippen molar-refractivity contribution in [3.8, 4) is 0 Å². The van der Waals surface area contributed by atoms with Gasteiger partial charge in [-0.15, -0.1) is 0 Å². The molecule has 0 aliphatic rings. The zero-order chi connectivity index (χ0) is 8.20. The summed E-state index contributed by atoms with van der Waals surface area (Å²) in [5, 5.41) is 0. The van der Waals surface area contributed by atoms with E-state index in [1.807, 2.05) is 0 Å². The Morgan fingerprint density at radius 2 is 2.00 bits per heavy atom. The third kappa shape index (κ3) is 3.74. The minimum Gasteiger partial charge on any atom is -0.330 e. The fourth-order valence-electron chi connectivity index (χ4n) is 0.399. The molecule has 0 radical (unpaired) electrons. The summed E-state index contributed by atoms with van der Waals surface area (Å²) in [6.45, 7) is 0.270. The molecule has 0 heterocycles. The Morgan fingerprint density at radius 1 is 1.50 bits per heavy atom. The summed E-state index contributed by atoms with van der Waals surface area (Å²) in [7, 11) is -4.48. The number of hydrogen-bond donors (Lipinski definition) is 3. The summed E-state index contributed by atoms with van der Waals surface area (Å²) < 4.78 is 10.1. The van der Waals surface area contributed by atoms with Crippen LogP contribution in [0, 0.1) is 0 Å². The van der Waals surface area contributed by atoms with Gasteiger partial charge in [0.15, 0.2) is 0 Å². The molecule has 0 aromatic heterocycles. The summed E-state index contributed by atoms with van der Waals surface area (Å²) >= 11 is 0. The van der Waals surface area contributed by atoms with Crippen molar-refractivity contribution in [2.75, 3.05) is 6.54 Å². The Balaban J connectivity index is 3.76. The third-order valence-corrected chi connectivity index (χ3v) is 1.79. The quantitative estimate of drug-likeness (QED) is 0.487. The third-order valence-electron chi connectivity index (χ3n) is 0.920. The first kappa shape index (κ1) is 9.78. The average Bonchev–Trinajstić information content (AvgIpc) is 1.80. The molecule has 0 fully saturated rings. The Labute approximate surface area is 58.4 Å². The highest BCUT2D eigenvalue weighted by molar-refractivity contribution is 7.70. The summed E-state index contributed by atoms with van der Waals surface area (Å²) in [6.07, 6.45) is 0.185. The van der Waals surface area contributed by atoms with E-state index in [0.29, 0.717) is 6.42 Å². The molecule has 6 heteroatoms. The van der Waals surface area contributed by atoms with E-state index in [1.54, 1.807) is 0 Å². The van der Waals surface area contributed by atoms with Crippen LogP contribution in [0.5, 0.6) is 0 Å². The molecule has 0 saturated carbocycles. The molecule has 0 spiro atoms. The minimum absolute atomic E-state index is 0.138. The lowest BCUT2D eigenvalue weighted by Crippen LogP contribution is -2.04. The van der Waals surface area contributed by atoms with Crippen LogP contribution < -0.4 is 5.73 Å². The molecule has 60 valence electrons. The van der Waals surface area contributed by atoms with E-state index in [4.69, 9.17) is 15.5 Å². The molecule has 0 aliphatic carbocycles. The molecular formula is C4H10NO4P. The molecular weight excluding hydrogens is 157 g/mol. The molecule has 4 N–H and O–H groups in total. The van der Waals surface area contributed by atoms with Crippen LogP contribution in [0.15, 0.2) is 0 Å². The minimum atomic E-state index is -4.48. The molecule has 0 bridgehead atoms. The second kappa shape index (κ2) is 3.83. The molecule has 0 saturated heterocycles. The van der Waals surface area contributed by atoms with Gasteiger partial charge in [-0.05, 0) is 13.0 Å². The maximum Gasteiger partial charge on any atom is 0.391 e. The van der Waals surface area contributed by atoms with Gasteiger partial charge in [0.05, 0.1) is 0 Å². The van der Waals surface area contributed by atoms with Gasteiger partial charge in [0.2, 0.25) is 5.52 Å². The van der Waals surface area contributed by atoms with Crippen LogP contribution in [0.1, 0.15) is 12.8 Å². The van der Waals surface area contributed by atoms with Gasteiger partial charge in [-0.1, -0.05) is 0 Å². The smallest absolute Gasteiger partial charge is 0.330 e. The SMILES string of the molecule is NCCCC(=O)P(=O)(O)O. The number of nitrogens with two attached hydrogens (primary N) is 1. The molecule has 0 atom stereocenters. The van der Waals surface area contributed by atoms with Gasteiger partial charge in [-0.3, -0.25) is 9.36 Å². The topological polar surface area (TPSA) is 101 Å². The number of carbonyl (C=O) groups excluding carboxylic acids is 1. The fourth-order valence-corrected chi connectivity index (χ4v) is 0.848. The van der Waals surface area contributed by atoms with Gasteiger partial charge >= 0.3 is 7.60 Å². The lowest BCUT2D eigenvalue weighted by atomic mass is 10.3. The second-order valence-electron chi connectivity index (χ2n) is 1.83. The van der Waals surface area contributed by atoms with E-state index in [0.717, 1.165) is 0 Å². The van der Waals surface area contributed by atoms with E-state index in [9.17, 15) is 9.36 Å². The average molecular weight is 167 g/mol. The van der Waals surface area contributed by atoms with E-state index in [-0.39, 0.29) is 13.0 Å². The summed E-state index contributed by atoms with van der Waals surface area (Å²) in [6, 6.07) is 0. The van der Waals surface area contributed by atoms with E-state index < -0.39 is 13.1 Å². The monoisotopic (exact) mass is 167 g/mol. The Bertz CT molecular complexity index is 163. The maximum atomic E-state index is 10.4. The van der Waals surface area contributed by atoms with Crippen LogP contribution in [-0.2, 0) is 9.36 Å². The van der Waals surface area contributed by atoms with Gasteiger partial charge < -0.3 is 15.5 Å². The van der Waals surface area contributed by atoms with Crippen LogP contribution in [-0.4, -0.2) is 21.9 Å². The van der Waals surface area contributed by atoms with Gasteiger partial charge in [-0.2, -0.15) is 0 Å². The van der Waals surface area contributed by atoms with E-state index in [1.165, 1.54) is 0 Å². The standard InChI is InChI=1S/C4H10NO4P/c5-3-1-2-4(6)10(7,8)9/h1-3,5H2,(H2,7,8,9). The van der Waals surface area contributed by atoms with Gasteiger partial charge in [0.25, 0.3) is 0 Å². The van der Waals surface area contributed by atoms with Gasteiger partial charge in [-0.25, -0.2) is 0 Å². The van der Waals surface area contributed by atoms with Crippen molar-refractivity contribution >= 4 is 13.1 Å². The molecule has 5 nitrogen and oxygen atoms in total. The maximum absolute atomic E-state index is 10.4. The predicted molar refractivity (Wildman–Crippen MR) is 35.3 cm³/mol. The van der Waals surface area contributed by atoms with Crippen molar-refractivity contribution in [3.05, 3.63) is 0 Å². The van der Waals surface area contributed by atoms with Crippen molar-refractivity contribution in [2.45, 2.75) is 12.8 Å². The highest BCUT2D eigenvalue weighted by atomic mass is 31.2. The second-order valence-corrected chi connectivity index (χ2v) is 3.42. The van der Waals surface area contributed by atoms with Gasteiger partial charge in [0.1, 0.15) is 0 Å². The Kier molecular flexibility index (Phi) is 3.75. The van der Waals surface area contributed by atoms with Crippen LogP contribution >= 0.6 is 7.60 Å². The van der Waals surface area contributed by atoms with Crippen molar-refractivity contribution in [3.63, 3.8) is 0 Å². The molecule has 10 heavy (non-hydrogen) atoms. The largest absolute Gasteiger partial charge is 0.391 e. The zero-order valence-corrected chi connectivity index (χ0v) is 6.25. The van der Waals surface area contributed by atoms with Crippen LogP contribution in [0.4, 0.5) is 0 Å². The first-order valence-corrected chi connectivity index (χ1v) is 4.38. The van der Waals surface area contributed by atoms with Crippen molar-refractivity contribution < 1.29 is 19.1 Å². The lowest BCUT2D eigenvalue weighted by molar-refractivity contribution is -0.113. The van der Waals surface area contributed by atoms with Gasteiger partial charge in [0, 0.05) is 6.42 Å². The van der Waals surface area contributed by atoms with Crippen molar-refractivity contribution in [2.24, 2.45) is 5.73 Å². The summed E-state index contributed by atoms with van der Waals surface area (Å²) in [5.41, 5.74) is 3.99. The zero-order valence-electron chi connectivity index (χ0n) is 5.36. The lowest BCUT2D eigenvalue weighted by Gasteiger charge is -1.99. The summed E-state index contributed by atoms with van der Waals surface area (Å²) in [4.78, 5) is 26.9. The van der Waals surface area contributed by atoms with Crippen LogP contribution in [0.2, 0.25) is 0 Å². The number of hydrogen-bond acceptors (Lipinski definition) is 3. The van der Waals surface area contributed by atoms with E-state index >= 15 is 0 Å². The molecule has 0 rings (SSSR count). The van der Waals surface area contributed by atoms with Crippen molar-refractivity contribution in [1.29, 1.82) is 0 Å². The highest BCUT2D eigenvalue weighted by Crippen LogP contribution is 2.36. The molecule has 0 aromatic rings. The fraction of sp³-hybridized carbons (Fsp3) is 0.750. The molecule has 0 amide bonds. The first-order chi connectivity index (χ1) is 4.48. The Hall–Kier alpha value is -0.220. The predicted octanol–water partition coefficient (Wildman–Crippen LogP) is -0.570. The van der Waals surface area contributed by atoms with Crippen LogP contribution in [0.25, 0.3) is 0 Å². The number of carbonyl (C=O) groups is 1.